The molecule has 1 N–H and O–H groups in total. The molecule has 1 aliphatic rings. The van der Waals surface area contributed by atoms with E-state index in [0.29, 0.717) is 23.5 Å². The molecule has 3 atom stereocenters. The van der Waals surface area contributed by atoms with Crippen LogP contribution in [0.15, 0.2) is 42.7 Å². The van der Waals surface area contributed by atoms with Crippen molar-refractivity contribution in [3.63, 3.8) is 0 Å². The van der Waals surface area contributed by atoms with Gasteiger partial charge in [0.1, 0.15) is 12.1 Å². The van der Waals surface area contributed by atoms with Crippen LogP contribution in [-0.4, -0.2) is 58.7 Å². The number of carbonyl (C=O) groups is 3. The molecule has 2 aromatic rings. The van der Waals surface area contributed by atoms with Crippen LogP contribution in [0.4, 0.5) is 18.9 Å². The molecule has 2 heterocycles. The van der Waals surface area contributed by atoms with Crippen LogP contribution in [-0.2, 0) is 21.2 Å². The molecule has 0 saturated carbocycles. The summed E-state index contributed by atoms with van der Waals surface area (Å²) in [6.07, 6.45) is -2.83. The fourth-order valence-corrected chi connectivity index (χ4v) is 4.63. The number of pyridine rings is 1. The van der Waals surface area contributed by atoms with E-state index in [4.69, 9.17) is 0 Å². The number of nitriles is 1. The van der Waals surface area contributed by atoms with E-state index in [1.165, 1.54) is 19.0 Å². The lowest BCUT2D eigenvalue weighted by atomic mass is 9.78. The van der Waals surface area contributed by atoms with Gasteiger partial charge in [0.15, 0.2) is 0 Å². The number of rotatable bonds is 8. The quantitative estimate of drug-likeness (QED) is 0.551. The van der Waals surface area contributed by atoms with Gasteiger partial charge in [0, 0.05) is 32.2 Å². The topological polar surface area (TPSA) is 106 Å². The number of nitrogens with one attached hydrogen (secondary N) is 1. The number of carbonyl (C=O) groups excluding carboxylic acids is 3. The summed E-state index contributed by atoms with van der Waals surface area (Å²) < 4.78 is 39.5. The molecule has 3 amide bonds. The molecule has 0 aliphatic carbocycles. The molecule has 11 heteroatoms. The van der Waals surface area contributed by atoms with Gasteiger partial charge in [-0.2, -0.15) is 18.4 Å². The Morgan fingerprint density at radius 2 is 1.82 bits per heavy atom. The van der Waals surface area contributed by atoms with Gasteiger partial charge in [-0.15, -0.1) is 0 Å². The minimum Gasteiger partial charge on any atom is -0.330 e. The Kier molecular flexibility index (Phi) is 8.15. The first-order chi connectivity index (χ1) is 17.7. The van der Waals surface area contributed by atoms with Gasteiger partial charge in [0.05, 0.1) is 22.6 Å². The van der Waals surface area contributed by atoms with E-state index in [0.717, 1.165) is 11.1 Å². The van der Waals surface area contributed by atoms with Crippen molar-refractivity contribution in [2.75, 3.05) is 19.4 Å². The number of hydrogen-bond donors (Lipinski definition) is 1. The summed E-state index contributed by atoms with van der Waals surface area (Å²) in [5.41, 5.74) is -1.09. The Hall–Kier alpha value is -3.94. The Labute approximate surface area is 219 Å². The van der Waals surface area contributed by atoms with E-state index in [1.807, 2.05) is 13.8 Å². The molecule has 202 valence electrons. The number of fused-ring (bicyclic) bond motifs is 1. The first-order valence-corrected chi connectivity index (χ1v) is 12.1. The summed E-state index contributed by atoms with van der Waals surface area (Å²) in [6.45, 7) is 5.39. The minimum absolute atomic E-state index is 0.0121. The molecule has 0 fully saturated rings. The number of halogens is 3. The molecular formula is C27H30F3N5O3. The second kappa shape index (κ2) is 10.8. The van der Waals surface area contributed by atoms with Gasteiger partial charge in [-0.05, 0) is 43.4 Å². The number of amides is 3. The standard InChI is InChI=1S/C27H30F3N5O3/c1-16(2)10-22(35(5)23(36)17-11-18(15-32-14-17)27(28,29)30)24(37)34(4)19(13-31)12-26(3)20-8-6-7-9-21(20)33-25(26)38/h6-9,11,14-16,19,22H,10,12H2,1-5H3,(H,33,38)/t19-,22-,26+/m0/s1. The first kappa shape index (κ1) is 28.6. The second-order valence-electron chi connectivity index (χ2n) is 10.2. The van der Waals surface area contributed by atoms with Gasteiger partial charge in [-0.1, -0.05) is 32.0 Å². The Morgan fingerprint density at radius 3 is 2.42 bits per heavy atom. The largest absolute Gasteiger partial charge is 0.417 e. The molecule has 0 unspecified atom stereocenters. The van der Waals surface area contributed by atoms with Gasteiger partial charge in [-0.25, -0.2) is 0 Å². The SMILES string of the molecule is CC(C)C[C@@H](C(=O)N(C)[C@H](C#N)C[C@@]1(C)C(=O)Nc2ccccc21)N(C)C(=O)c1cncc(C(F)(F)F)c1. The van der Waals surface area contributed by atoms with E-state index >= 15 is 0 Å². The highest BCUT2D eigenvalue weighted by atomic mass is 19.4. The summed E-state index contributed by atoms with van der Waals surface area (Å²) in [7, 11) is 2.76. The first-order valence-electron chi connectivity index (χ1n) is 12.1. The van der Waals surface area contributed by atoms with E-state index in [1.54, 1.807) is 31.2 Å². The van der Waals surface area contributed by atoms with Gasteiger partial charge in [-0.3, -0.25) is 19.4 Å². The van der Waals surface area contributed by atoms with Crippen LogP contribution in [0.5, 0.6) is 0 Å². The summed E-state index contributed by atoms with van der Waals surface area (Å²) >= 11 is 0. The van der Waals surface area contributed by atoms with Gasteiger partial charge >= 0.3 is 6.18 Å². The molecular weight excluding hydrogens is 499 g/mol. The van der Waals surface area contributed by atoms with Crippen LogP contribution < -0.4 is 5.32 Å². The molecule has 0 spiro atoms. The molecule has 1 aromatic heterocycles. The highest BCUT2D eigenvalue weighted by Gasteiger charge is 2.46. The normalized spacial score (nSPS) is 18.3. The van der Waals surface area contributed by atoms with Gasteiger partial charge in [0.25, 0.3) is 5.91 Å². The number of anilines is 1. The third kappa shape index (κ3) is 5.64. The maximum absolute atomic E-state index is 13.7. The number of likely N-dealkylation sites (N-methyl/N-ethyl adjacent to an activating group) is 2. The Balaban J connectivity index is 1.87. The highest BCUT2D eigenvalue weighted by Crippen LogP contribution is 2.41. The minimum atomic E-state index is -4.68. The number of nitrogens with zero attached hydrogens (tertiary/aromatic N) is 4. The third-order valence-corrected chi connectivity index (χ3v) is 6.92. The maximum Gasteiger partial charge on any atom is 0.417 e. The smallest absolute Gasteiger partial charge is 0.330 e. The fraction of sp³-hybridized carbons (Fsp3) is 0.444. The average Bonchev–Trinajstić information content (AvgIpc) is 3.13. The zero-order valence-corrected chi connectivity index (χ0v) is 21.8. The van der Waals surface area contributed by atoms with Crippen molar-refractivity contribution in [2.24, 2.45) is 5.92 Å². The predicted octanol–water partition coefficient (Wildman–Crippen LogP) is 4.24. The third-order valence-electron chi connectivity index (χ3n) is 6.92. The van der Waals surface area contributed by atoms with Crippen LogP contribution >= 0.6 is 0 Å². The molecule has 38 heavy (non-hydrogen) atoms. The average molecular weight is 530 g/mol. The molecule has 1 aromatic carbocycles. The molecule has 3 rings (SSSR count). The van der Waals surface area contributed by atoms with E-state index in [9.17, 15) is 32.8 Å². The van der Waals surface area contributed by atoms with Crippen molar-refractivity contribution in [3.8, 4) is 6.07 Å². The Bertz CT molecular complexity index is 1270. The summed E-state index contributed by atoms with van der Waals surface area (Å²) in [5, 5.41) is 12.8. The zero-order valence-electron chi connectivity index (χ0n) is 21.8. The number of hydrogen-bond acceptors (Lipinski definition) is 5. The number of benzene rings is 1. The van der Waals surface area contributed by atoms with Crippen LogP contribution in [0.25, 0.3) is 0 Å². The molecule has 0 radical (unpaired) electrons. The van der Waals surface area contributed by atoms with Crippen LogP contribution in [0.2, 0.25) is 0 Å². The zero-order chi connectivity index (χ0) is 28.4. The molecule has 1 aliphatic heterocycles. The van der Waals surface area contributed by atoms with Crippen LogP contribution in [0.3, 0.4) is 0 Å². The van der Waals surface area contributed by atoms with E-state index < -0.39 is 41.1 Å². The molecule has 0 saturated heterocycles. The predicted molar refractivity (Wildman–Crippen MR) is 134 cm³/mol. The van der Waals surface area contributed by atoms with Crippen molar-refractivity contribution < 1.29 is 27.6 Å². The van der Waals surface area contributed by atoms with Gasteiger partial charge in [0.2, 0.25) is 11.8 Å². The van der Waals surface area contributed by atoms with Crippen LogP contribution in [0.1, 0.15) is 55.1 Å². The number of para-hydroxylation sites is 1. The van der Waals surface area contributed by atoms with E-state index in [-0.39, 0.29) is 30.2 Å². The van der Waals surface area contributed by atoms with Crippen molar-refractivity contribution in [2.45, 2.75) is 57.3 Å². The lowest BCUT2D eigenvalue weighted by molar-refractivity contribution is -0.138. The second-order valence-corrected chi connectivity index (χ2v) is 10.2. The molecule has 8 nitrogen and oxygen atoms in total. The maximum atomic E-state index is 13.7. The van der Waals surface area contributed by atoms with Gasteiger partial charge < -0.3 is 15.1 Å². The van der Waals surface area contributed by atoms with Crippen molar-refractivity contribution in [1.82, 2.24) is 14.8 Å². The van der Waals surface area contributed by atoms with Crippen molar-refractivity contribution in [1.29, 1.82) is 5.26 Å². The lowest BCUT2D eigenvalue weighted by Gasteiger charge is -2.35. The summed E-state index contributed by atoms with van der Waals surface area (Å²) in [4.78, 5) is 45.5. The van der Waals surface area contributed by atoms with Crippen molar-refractivity contribution >= 4 is 23.4 Å². The van der Waals surface area contributed by atoms with Crippen molar-refractivity contribution in [3.05, 3.63) is 59.4 Å². The monoisotopic (exact) mass is 529 g/mol. The number of alkyl halides is 3. The molecule has 0 bridgehead atoms. The number of aromatic nitrogens is 1. The highest BCUT2D eigenvalue weighted by molar-refractivity contribution is 6.06. The van der Waals surface area contributed by atoms with E-state index in [2.05, 4.69) is 16.4 Å². The summed E-state index contributed by atoms with van der Waals surface area (Å²) in [5.74, 6) is -1.71. The Morgan fingerprint density at radius 1 is 1.16 bits per heavy atom. The van der Waals surface area contributed by atoms with Crippen LogP contribution in [0, 0.1) is 17.2 Å². The summed E-state index contributed by atoms with van der Waals surface area (Å²) in [6, 6.07) is 7.85. The fourth-order valence-electron chi connectivity index (χ4n) is 4.63. The lowest BCUT2D eigenvalue weighted by Crippen LogP contribution is -2.52.